The maximum atomic E-state index is 13.2. The van der Waals surface area contributed by atoms with E-state index in [1.54, 1.807) is 34.7 Å². The molecule has 1 aromatic carbocycles. The Hall–Kier alpha value is -2.36. The van der Waals surface area contributed by atoms with E-state index in [4.69, 9.17) is 23.2 Å². The van der Waals surface area contributed by atoms with E-state index < -0.39 is 12.1 Å². The highest BCUT2D eigenvalue weighted by molar-refractivity contribution is 7.13. The number of carbonyl (C=O) groups excluding carboxylic acids is 3. The van der Waals surface area contributed by atoms with Gasteiger partial charge in [-0.25, -0.2) is 9.78 Å². The fourth-order valence-electron chi connectivity index (χ4n) is 4.55. The summed E-state index contributed by atoms with van der Waals surface area (Å²) in [6.07, 6.45) is 7.93. The Morgan fingerprint density at radius 2 is 1.91 bits per heavy atom. The van der Waals surface area contributed by atoms with Crippen molar-refractivity contribution in [3.8, 4) is 0 Å². The van der Waals surface area contributed by atoms with Gasteiger partial charge in [0.15, 0.2) is 5.13 Å². The molecule has 1 saturated heterocycles. The van der Waals surface area contributed by atoms with Crippen LogP contribution in [-0.2, 0) is 9.59 Å². The van der Waals surface area contributed by atoms with Crippen LogP contribution in [0.2, 0.25) is 10.0 Å². The second-order valence-corrected chi connectivity index (χ2v) is 10.4. The number of hydrogen-bond acceptors (Lipinski definition) is 5. The number of hydrogen-bond donors (Lipinski definition) is 2. The molecule has 4 amide bonds. The van der Waals surface area contributed by atoms with Crippen molar-refractivity contribution >= 4 is 63.2 Å². The number of piperazine rings is 1. The molecule has 182 valence electrons. The van der Waals surface area contributed by atoms with Gasteiger partial charge in [0.2, 0.25) is 11.8 Å². The minimum atomic E-state index is -0.584. The number of nitrogens with one attached hydrogen (secondary N) is 2. The summed E-state index contributed by atoms with van der Waals surface area (Å²) >= 11 is 13.3. The van der Waals surface area contributed by atoms with Crippen molar-refractivity contribution < 1.29 is 14.4 Å². The summed E-state index contributed by atoms with van der Waals surface area (Å²) in [5.74, 6) is -0.0576. The summed E-state index contributed by atoms with van der Waals surface area (Å²) in [4.78, 5) is 46.3. The molecule has 1 atom stereocenters. The molecule has 0 unspecified atom stereocenters. The number of anilines is 2. The van der Waals surface area contributed by atoms with Crippen LogP contribution in [0, 0.1) is 5.92 Å². The third kappa shape index (κ3) is 6.20. The van der Waals surface area contributed by atoms with Crippen molar-refractivity contribution in [1.29, 1.82) is 0 Å². The van der Waals surface area contributed by atoms with Gasteiger partial charge in [-0.2, -0.15) is 0 Å². The molecule has 34 heavy (non-hydrogen) atoms. The van der Waals surface area contributed by atoms with Gasteiger partial charge in [0.1, 0.15) is 12.6 Å². The first kappa shape index (κ1) is 24.8. The number of nitrogens with zero attached hydrogens (tertiary/aromatic N) is 3. The highest BCUT2D eigenvalue weighted by Gasteiger charge is 2.37. The molecule has 2 fully saturated rings. The number of thiazole rings is 1. The second-order valence-electron chi connectivity index (χ2n) is 8.65. The van der Waals surface area contributed by atoms with Gasteiger partial charge in [-0.3, -0.25) is 9.59 Å². The van der Waals surface area contributed by atoms with Crippen LogP contribution in [0.25, 0.3) is 0 Å². The Balaban J connectivity index is 1.41. The SMILES string of the molecule is O=C(Nc1nccs1)[C@H](CC1CCCCC1)N1CCN(C(=O)Nc2ccc(Cl)c(Cl)c2)CC1=O. The summed E-state index contributed by atoms with van der Waals surface area (Å²) in [7, 11) is 0. The number of aromatic nitrogens is 1. The van der Waals surface area contributed by atoms with E-state index in [1.807, 2.05) is 0 Å². The average Bonchev–Trinajstić information content (AvgIpc) is 3.34. The zero-order valence-electron chi connectivity index (χ0n) is 18.6. The maximum absolute atomic E-state index is 13.2. The largest absolute Gasteiger partial charge is 0.327 e. The van der Waals surface area contributed by atoms with Gasteiger partial charge in [0, 0.05) is 30.4 Å². The van der Waals surface area contributed by atoms with Gasteiger partial charge in [-0.15, -0.1) is 11.3 Å². The molecule has 0 bridgehead atoms. The van der Waals surface area contributed by atoms with Crippen LogP contribution in [0.1, 0.15) is 38.5 Å². The normalized spacial score (nSPS) is 18.0. The fourth-order valence-corrected chi connectivity index (χ4v) is 5.38. The molecule has 2 N–H and O–H groups in total. The molecule has 2 aromatic rings. The summed E-state index contributed by atoms with van der Waals surface area (Å²) < 4.78 is 0. The Kier molecular flexibility index (Phi) is 8.28. The lowest BCUT2D eigenvalue weighted by molar-refractivity contribution is -0.142. The van der Waals surface area contributed by atoms with Gasteiger partial charge in [0.05, 0.1) is 10.0 Å². The first-order valence-corrected chi connectivity index (χ1v) is 13.0. The summed E-state index contributed by atoms with van der Waals surface area (Å²) in [6.45, 7) is 0.514. The van der Waals surface area contributed by atoms with E-state index in [9.17, 15) is 14.4 Å². The summed E-state index contributed by atoms with van der Waals surface area (Å²) in [5, 5.41) is 8.65. The van der Waals surface area contributed by atoms with E-state index in [-0.39, 0.29) is 24.9 Å². The number of halogens is 2. The zero-order valence-corrected chi connectivity index (χ0v) is 21.0. The van der Waals surface area contributed by atoms with E-state index in [0.717, 1.165) is 25.7 Å². The first-order chi connectivity index (χ1) is 16.4. The smallest absolute Gasteiger partial charge is 0.322 e. The van der Waals surface area contributed by atoms with Crippen LogP contribution in [0.5, 0.6) is 0 Å². The van der Waals surface area contributed by atoms with Gasteiger partial charge in [0.25, 0.3) is 0 Å². The maximum Gasteiger partial charge on any atom is 0.322 e. The molecule has 1 aliphatic carbocycles. The molecule has 1 aromatic heterocycles. The highest BCUT2D eigenvalue weighted by Crippen LogP contribution is 2.30. The van der Waals surface area contributed by atoms with Crippen molar-refractivity contribution in [2.24, 2.45) is 5.92 Å². The van der Waals surface area contributed by atoms with E-state index >= 15 is 0 Å². The standard InChI is InChI=1S/C23H27Cl2N5O3S/c24-17-7-6-16(13-18(17)25)27-23(33)29-9-10-30(20(31)14-29)19(12-15-4-2-1-3-5-15)21(32)28-22-26-8-11-34-22/h6-8,11,13,15,19H,1-5,9-10,12,14H2,(H,27,33)(H,26,28,32)/t19-/m0/s1. The van der Waals surface area contributed by atoms with Crippen LogP contribution < -0.4 is 10.6 Å². The molecule has 11 heteroatoms. The third-order valence-electron chi connectivity index (χ3n) is 6.34. The van der Waals surface area contributed by atoms with Crippen LogP contribution in [0.3, 0.4) is 0 Å². The van der Waals surface area contributed by atoms with Crippen LogP contribution in [-0.4, -0.2) is 58.3 Å². The second kappa shape index (κ2) is 11.4. The average molecular weight is 524 g/mol. The van der Waals surface area contributed by atoms with Crippen molar-refractivity contribution in [2.45, 2.75) is 44.6 Å². The lowest BCUT2D eigenvalue weighted by Gasteiger charge is -2.39. The van der Waals surface area contributed by atoms with Crippen LogP contribution in [0.4, 0.5) is 15.6 Å². The third-order valence-corrected chi connectivity index (χ3v) is 7.77. The predicted octanol–water partition coefficient (Wildman–Crippen LogP) is 5.10. The predicted molar refractivity (Wildman–Crippen MR) is 134 cm³/mol. The Morgan fingerprint density at radius 3 is 2.59 bits per heavy atom. The molecule has 8 nitrogen and oxygen atoms in total. The van der Waals surface area contributed by atoms with Crippen molar-refractivity contribution in [1.82, 2.24) is 14.8 Å². The van der Waals surface area contributed by atoms with Gasteiger partial charge < -0.3 is 20.4 Å². The van der Waals surface area contributed by atoms with Gasteiger partial charge in [-0.1, -0.05) is 55.3 Å². The molecule has 2 aliphatic rings. The number of rotatable bonds is 6. The number of amides is 4. The quantitative estimate of drug-likeness (QED) is 0.550. The lowest BCUT2D eigenvalue weighted by atomic mass is 9.84. The molecular formula is C23H27Cl2N5O3S. The number of benzene rings is 1. The molecule has 0 spiro atoms. The monoisotopic (exact) mass is 523 g/mol. The molecule has 2 heterocycles. The van der Waals surface area contributed by atoms with Crippen LogP contribution in [0.15, 0.2) is 29.8 Å². The van der Waals surface area contributed by atoms with Crippen LogP contribution >= 0.6 is 34.5 Å². The highest BCUT2D eigenvalue weighted by atomic mass is 35.5. The minimum absolute atomic E-state index is 0.0984. The van der Waals surface area contributed by atoms with Gasteiger partial charge in [-0.05, 0) is 30.5 Å². The van der Waals surface area contributed by atoms with Crippen molar-refractivity contribution in [3.05, 3.63) is 39.8 Å². The van der Waals surface area contributed by atoms with Gasteiger partial charge >= 0.3 is 6.03 Å². The summed E-state index contributed by atoms with van der Waals surface area (Å²) in [6, 6.07) is 3.82. The van der Waals surface area contributed by atoms with E-state index in [1.165, 1.54) is 22.7 Å². The molecular weight excluding hydrogens is 497 g/mol. The van der Waals surface area contributed by atoms with Crippen molar-refractivity contribution in [3.63, 3.8) is 0 Å². The first-order valence-electron chi connectivity index (χ1n) is 11.4. The molecule has 4 rings (SSSR count). The molecule has 0 radical (unpaired) electrons. The number of carbonyl (C=O) groups is 3. The summed E-state index contributed by atoms with van der Waals surface area (Å²) in [5.41, 5.74) is 0.493. The lowest BCUT2D eigenvalue weighted by Crippen LogP contribution is -2.59. The van der Waals surface area contributed by atoms with E-state index in [2.05, 4.69) is 15.6 Å². The topological polar surface area (TPSA) is 94.6 Å². The van der Waals surface area contributed by atoms with Crippen molar-refractivity contribution in [2.75, 3.05) is 30.3 Å². The Bertz CT molecular complexity index is 1030. The molecule has 1 aliphatic heterocycles. The fraction of sp³-hybridized carbons (Fsp3) is 0.478. The minimum Gasteiger partial charge on any atom is -0.327 e. The van der Waals surface area contributed by atoms with E-state index in [0.29, 0.717) is 39.7 Å². The Labute approximate surface area is 212 Å². The zero-order chi connectivity index (χ0) is 24.1. The molecule has 1 saturated carbocycles. The Morgan fingerprint density at radius 1 is 1.12 bits per heavy atom. The number of urea groups is 1.